The molecule has 0 spiro atoms. The number of carbonyl (C=O) groups excluding carboxylic acids is 2. The van der Waals surface area contributed by atoms with Crippen LogP contribution in [0, 0.1) is 6.92 Å². The van der Waals surface area contributed by atoms with Crippen molar-refractivity contribution in [2.45, 2.75) is 13.8 Å². The normalized spacial score (nSPS) is 11.2. The van der Waals surface area contributed by atoms with Crippen LogP contribution in [0.3, 0.4) is 0 Å². The first kappa shape index (κ1) is 17.2. The highest BCUT2D eigenvalue weighted by Gasteiger charge is 2.11. The van der Waals surface area contributed by atoms with E-state index in [4.69, 9.17) is 8.83 Å². The molecule has 2 heterocycles. The Bertz CT molecular complexity index is 955. The number of amides is 2. The number of anilines is 1. The van der Waals surface area contributed by atoms with Crippen molar-refractivity contribution in [3.8, 4) is 0 Å². The second-order valence-corrected chi connectivity index (χ2v) is 5.54. The molecule has 0 radical (unpaired) electrons. The molecule has 0 saturated heterocycles. The minimum atomic E-state index is -0.349. The molecule has 0 saturated carbocycles. The van der Waals surface area contributed by atoms with E-state index in [0.717, 1.165) is 5.56 Å². The van der Waals surface area contributed by atoms with Crippen LogP contribution in [0.5, 0.6) is 0 Å². The van der Waals surface area contributed by atoms with E-state index in [9.17, 15) is 9.59 Å². The highest BCUT2D eigenvalue weighted by Crippen LogP contribution is 2.14. The third kappa shape index (κ3) is 3.89. The first-order chi connectivity index (χ1) is 12.5. The van der Waals surface area contributed by atoms with E-state index in [-0.39, 0.29) is 17.6 Å². The molecule has 0 aliphatic carbocycles. The maximum absolute atomic E-state index is 12.1. The van der Waals surface area contributed by atoms with Crippen LogP contribution in [0.25, 0.3) is 0 Å². The van der Waals surface area contributed by atoms with Crippen molar-refractivity contribution in [3.05, 3.63) is 77.6 Å². The van der Waals surface area contributed by atoms with Gasteiger partial charge in [0.15, 0.2) is 5.76 Å². The molecule has 2 amide bonds. The zero-order valence-electron chi connectivity index (χ0n) is 14.3. The second kappa shape index (κ2) is 7.52. The van der Waals surface area contributed by atoms with Crippen molar-refractivity contribution >= 4 is 23.2 Å². The fourth-order valence-corrected chi connectivity index (χ4v) is 2.30. The van der Waals surface area contributed by atoms with Gasteiger partial charge in [0.1, 0.15) is 5.76 Å². The van der Waals surface area contributed by atoms with Crippen LogP contribution in [0.2, 0.25) is 0 Å². The molecule has 3 rings (SSSR count). The number of hydrogen-bond acceptors (Lipinski definition) is 5. The molecule has 26 heavy (non-hydrogen) atoms. The first-order valence-electron chi connectivity index (χ1n) is 7.88. The molecule has 1 aromatic carbocycles. The quantitative estimate of drug-likeness (QED) is 0.542. The topological polar surface area (TPSA) is 96.8 Å². The Kier molecular flexibility index (Phi) is 4.98. The van der Waals surface area contributed by atoms with Gasteiger partial charge in [-0.05, 0) is 49.7 Å². The maximum Gasteiger partial charge on any atom is 0.291 e. The van der Waals surface area contributed by atoms with E-state index in [1.165, 1.54) is 12.5 Å². The SMILES string of the molecule is C/C(=N\NC(=O)c1ccoc1C)c1cccc(NC(=O)c2ccco2)c1. The number of furan rings is 2. The molecule has 132 valence electrons. The highest BCUT2D eigenvalue weighted by atomic mass is 16.3. The number of nitrogens with one attached hydrogen (secondary N) is 2. The number of aryl methyl sites for hydroxylation is 1. The van der Waals surface area contributed by atoms with Crippen LogP contribution in [0.1, 0.15) is 39.2 Å². The molecule has 0 fully saturated rings. The molecule has 0 atom stereocenters. The van der Waals surface area contributed by atoms with Gasteiger partial charge in [0.05, 0.1) is 23.8 Å². The van der Waals surface area contributed by atoms with Gasteiger partial charge >= 0.3 is 0 Å². The molecule has 0 unspecified atom stereocenters. The van der Waals surface area contributed by atoms with Gasteiger partial charge in [-0.3, -0.25) is 9.59 Å². The van der Waals surface area contributed by atoms with Gasteiger partial charge in [-0.25, -0.2) is 5.43 Å². The Balaban J connectivity index is 1.69. The second-order valence-electron chi connectivity index (χ2n) is 5.54. The predicted molar refractivity (Wildman–Crippen MR) is 96.2 cm³/mol. The van der Waals surface area contributed by atoms with Gasteiger partial charge in [0.2, 0.25) is 0 Å². The summed E-state index contributed by atoms with van der Waals surface area (Å²) in [5.41, 5.74) is 4.87. The lowest BCUT2D eigenvalue weighted by Gasteiger charge is -2.07. The third-order valence-corrected chi connectivity index (χ3v) is 3.71. The van der Waals surface area contributed by atoms with Crippen molar-refractivity contribution in [1.82, 2.24) is 5.43 Å². The summed E-state index contributed by atoms with van der Waals surface area (Å²) in [5.74, 6) is 0.0601. The Labute approximate surface area is 149 Å². The molecule has 2 N–H and O–H groups in total. The van der Waals surface area contributed by atoms with Gasteiger partial charge in [-0.15, -0.1) is 0 Å². The zero-order valence-corrected chi connectivity index (χ0v) is 14.3. The molecule has 7 heteroatoms. The van der Waals surface area contributed by atoms with Crippen LogP contribution in [0.4, 0.5) is 5.69 Å². The van der Waals surface area contributed by atoms with E-state index in [2.05, 4.69) is 15.8 Å². The molecular formula is C19H17N3O4. The highest BCUT2D eigenvalue weighted by molar-refractivity contribution is 6.04. The smallest absolute Gasteiger partial charge is 0.291 e. The summed E-state index contributed by atoms with van der Waals surface area (Å²) in [5, 5.41) is 6.85. The van der Waals surface area contributed by atoms with E-state index in [1.54, 1.807) is 50.2 Å². The minimum absolute atomic E-state index is 0.225. The molecule has 7 nitrogen and oxygen atoms in total. The van der Waals surface area contributed by atoms with Crippen LogP contribution >= 0.6 is 0 Å². The zero-order chi connectivity index (χ0) is 18.5. The standard InChI is InChI=1S/C19H17N3O4/c1-12(21-22-18(23)16-8-10-25-13(16)2)14-5-3-6-15(11-14)20-19(24)17-7-4-9-26-17/h3-11H,1-2H3,(H,20,24)(H,22,23)/b21-12+. The summed E-state index contributed by atoms with van der Waals surface area (Å²) >= 11 is 0. The largest absolute Gasteiger partial charge is 0.469 e. The fourth-order valence-electron chi connectivity index (χ4n) is 2.30. The predicted octanol–water partition coefficient (Wildman–Crippen LogP) is 3.59. The Morgan fingerprint density at radius 1 is 1.00 bits per heavy atom. The summed E-state index contributed by atoms with van der Waals surface area (Å²) in [7, 11) is 0. The lowest BCUT2D eigenvalue weighted by molar-refractivity contribution is 0.0952. The van der Waals surface area contributed by atoms with Gasteiger partial charge in [-0.2, -0.15) is 5.10 Å². The van der Waals surface area contributed by atoms with Gasteiger partial charge in [0.25, 0.3) is 11.8 Å². The average Bonchev–Trinajstić information content (AvgIpc) is 3.31. The molecule has 0 bridgehead atoms. The fraction of sp³-hybridized carbons (Fsp3) is 0.105. The summed E-state index contributed by atoms with van der Waals surface area (Å²) in [6, 6.07) is 11.9. The van der Waals surface area contributed by atoms with E-state index >= 15 is 0 Å². The van der Waals surface area contributed by atoms with Crippen LogP contribution in [0.15, 0.2) is 68.9 Å². The van der Waals surface area contributed by atoms with Gasteiger partial charge in [0, 0.05) is 5.69 Å². The third-order valence-electron chi connectivity index (χ3n) is 3.71. The van der Waals surface area contributed by atoms with Gasteiger partial charge in [-0.1, -0.05) is 12.1 Å². The van der Waals surface area contributed by atoms with Crippen molar-refractivity contribution in [1.29, 1.82) is 0 Å². The van der Waals surface area contributed by atoms with Crippen molar-refractivity contribution in [2.75, 3.05) is 5.32 Å². The molecule has 2 aromatic heterocycles. The lowest BCUT2D eigenvalue weighted by Crippen LogP contribution is -2.19. The summed E-state index contributed by atoms with van der Waals surface area (Å²) < 4.78 is 10.2. The Hall–Kier alpha value is -3.61. The van der Waals surface area contributed by atoms with Crippen LogP contribution < -0.4 is 10.7 Å². The minimum Gasteiger partial charge on any atom is -0.469 e. The Morgan fingerprint density at radius 2 is 1.85 bits per heavy atom. The monoisotopic (exact) mass is 351 g/mol. The van der Waals surface area contributed by atoms with E-state index < -0.39 is 0 Å². The maximum atomic E-state index is 12.1. The number of benzene rings is 1. The van der Waals surface area contributed by atoms with Crippen LogP contribution in [-0.2, 0) is 0 Å². The lowest BCUT2D eigenvalue weighted by atomic mass is 10.1. The number of rotatable bonds is 5. The molecule has 3 aromatic rings. The van der Waals surface area contributed by atoms with Gasteiger partial charge < -0.3 is 14.2 Å². The number of carbonyl (C=O) groups is 2. The molecule has 0 aliphatic rings. The van der Waals surface area contributed by atoms with Crippen molar-refractivity contribution in [3.63, 3.8) is 0 Å². The van der Waals surface area contributed by atoms with Crippen LogP contribution in [-0.4, -0.2) is 17.5 Å². The number of hydrazone groups is 1. The number of hydrogen-bond donors (Lipinski definition) is 2. The number of nitrogens with zero attached hydrogens (tertiary/aromatic N) is 1. The average molecular weight is 351 g/mol. The summed E-state index contributed by atoms with van der Waals surface area (Å²) in [6.45, 7) is 3.46. The molecular weight excluding hydrogens is 334 g/mol. The summed E-state index contributed by atoms with van der Waals surface area (Å²) in [6.07, 6.45) is 2.89. The van der Waals surface area contributed by atoms with E-state index in [1.807, 2.05) is 6.07 Å². The van der Waals surface area contributed by atoms with E-state index in [0.29, 0.717) is 22.7 Å². The molecule has 0 aliphatic heterocycles. The Morgan fingerprint density at radius 3 is 2.54 bits per heavy atom. The first-order valence-corrected chi connectivity index (χ1v) is 7.88. The van der Waals surface area contributed by atoms with Crippen molar-refractivity contribution < 1.29 is 18.4 Å². The summed E-state index contributed by atoms with van der Waals surface area (Å²) in [4.78, 5) is 24.1. The van der Waals surface area contributed by atoms with Crippen molar-refractivity contribution in [2.24, 2.45) is 5.10 Å².